The van der Waals surface area contributed by atoms with E-state index in [2.05, 4.69) is 15.6 Å². The zero-order valence-corrected chi connectivity index (χ0v) is 16.3. The molecule has 2 amide bonds. The van der Waals surface area contributed by atoms with Crippen molar-refractivity contribution >= 4 is 34.0 Å². The molecule has 0 bridgehead atoms. The molecule has 0 unspecified atom stereocenters. The van der Waals surface area contributed by atoms with Gasteiger partial charge in [0.2, 0.25) is 17.6 Å². The topological polar surface area (TPSA) is 71.1 Å². The third-order valence-electron chi connectivity index (χ3n) is 3.95. The van der Waals surface area contributed by atoms with E-state index in [1.807, 2.05) is 0 Å². The molecule has 0 aliphatic carbocycles. The van der Waals surface area contributed by atoms with Crippen LogP contribution in [0.15, 0.2) is 23.6 Å². The van der Waals surface area contributed by atoms with Gasteiger partial charge in [0, 0.05) is 29.1 Å². The van der Waals surface area contributed by atoms with Crippen LogP contribution in [-0.4, -0.2) is 16.8 Å². The van der Waals surface area contributed by atoms with Gasteiger partial charge in [0.05, 0.1) is 12.1 Å². The molecule has 0 aliphatic rings. The van der Waals surface area contributed by atoms with E-state index in [1.54, 1.807) is 0 Å². The van der Waals surface area contributed by atoms with Gasteiger partial charge in [-0.2, -0.15) is 0 Å². The first-order valence-electron chi connectivity index (χ1n) is 8.41. The first-order chi connectivity index (χ1) is 14.6. The summed E-state index contributed by atoms with van der Waals surface area (Å²) in [4.78, 5) is 27.0. The normalized spacial score (nSPS) is 10.8. The molecule has 3 aromatic rings. The number of anilines is 2. The van der Waals surface area contributed by atoms with Gasteiger partial charge in [0.25, 0.3) is 0 Å². The number of carbonyl (C=O) groups excluding carboxylic acids is 2. The molecule has 5 nitrogen and oxygen atoms in total. The number of nitrogens with one attached hydrogen (secondary N) is 2. The summed E-state index contributed by atoms with van der Waals surface area (Å²) in [7, 11) is 0. The van der Waals surface area contributed by atoms with Crippen LogP contribution in [0.5, 0.6) is 0 Å². The SMILES string of the molecule is CC(=O)Nc1ccc(-c2csc(NC(=O)Cc3c(F)c(F)c(F)c(F)c3F)n2)c(F)c1. The molecule has 0 saturated heterocycles. The van der Waals surface area contributed by atoms with E-state index in [4.69, 9.17) is 0 Å². The van der Waals surface area contributed by atoms with Crippen LogP contribution in [-0.2, 0) is 16.0 Å². The molecule has 0 saturated carbocycles. The third kappa shape index (κ3) is 4.68. The van der Waals surface area contributed by atoms with Gasteiger partial charge in [-0.3, -0.25) is 9.59 Å². The van der Waals surface area contributed by atoms with Crippen molar-refractivity contribution in [3.8, 4) is 11.3 Å². The first kappa shape index (κ1) is 22.3. The Hall–Kier alpha value is -3.41. The molecule has 0 radical (unpaired) electrons. The molecule has 0 aliphatic heterocycles. The Morgan fingerprint density at radius 2 is 1.55 bits per heavy atom. The highest BCUT2D eigenvalue weighted by Crippen LogP contribution is 2.29. The van der Waals surface area contributed by atoms with Gasteiger partial charge in [-0.25, -0.2) is 31.3 Å². The maximum Gasteiger partial charge on any atom is 0.230 e. The Morgan fingerprint density at radius 3 is 2.13 bits per heavy atom. The Labute approximate surface area is 174 Å². The summed E-state index contributed by atoms with van der Waals surface area (Å²) in [6.45, 7) is 1.26. The molecule has 1 heterocycles. The minimum atomic E-state index is -2.32. The molecule has 162 valence electrons. The number of nitrogens with zero attached hydrogens (tertiary/aromatic N) is 1. The number of amides is 2. The fourth-order valence-corrected chi connectivity index (χ4v) is 3.32. The Bertz CT molecular complexity index is 1170. The van der Waals surface area contributed by atoms with Crippen LogP contribution < -0.4 is 10.6 Å². The Kier molecular flexibility index (Phi) is 6.29. The standard InChI is InChI=1S/C19H11F6N3O2S/c1-7(29)26-8-2-3-9(11(20)4-8)12-6-31-19(27-12)28-13(30)5-10-14(21)16(23)18(25)17(24)15(10)22/h2-4,6H,5H2,1H3,(H,26,29)(H,27,28,30). The quantitative estimate of drug-likeness (QED) is 0.328. The van der Waals surface area contributed by atoms with Gasteiger partial charge in [0.1, 0.15) is 5.82 Å². The largest absolute Gasteiger partial charge is 0.326 e. The number of halogens is 6. The minimum absolute atomic E-state index is 0.0469. The molecule has 2 N–H and O–H groups in total. The molecule has 0 fully saturated rings. The van der Waals surface area contributed by atoms with Gasteiger partial charge < -0.3 is 10.6 Å². The lowest BCUT2D eigenvalue weighted by atomic mass is 10.1. The van der Waals surface area contributed by atoms with Crippen molar-refractivity contribution in [1.29, 1.82) is 0 Å². The maximum atomic E-state index is 14.3. The lowest BCUT2D eigenvalue weighted by Crippen LogP contribution is -2.18. The van der Waals surface area contributed by atoms with E-state index in [0.717, 1.165) is 17.4 Å². The monoisotopic (exact) mass is 459 g/mol. The molecule has 3 rings (SSSR count). The van der Waals surface area contributed by atoms with E-state index in [-0.39, 0.29) is 28.0 Å². The van der Waals surface area contributed by atoms with E-state index >= 15 is 0 Å². The van der Waals surface area contributed by atoms with Crippen LogP contribution in [0.25, 0.3) is 11.3 Å². The van der Waals surface area contributed by atoms with Crippen molar-refractivity contribution in [3.05, 3.63) is 64.0 Å². The minimum Gasteiger partial charge on any atom is -0.326 e. The van der Waals surface area contributed by atoms with Gasteiger partial charge in [0.15, 0.2) is 28.4 Å². The summed E-state index contributed by atoms with van der Waals surface area (Å²) in [6, 6.07) is 3.84. The highest BCUT2D eigenvalue weighted by Gasteiger charge is 2.27. The van der Waals surface area contributed by atoms with Crippen LogP contribution in [0, 0.1) is 34.9 Å². The average molecular weight is 459 g/mol. The second-order valence-corrected chi connectivity index (χ2v) is 7.05. The first-order valence-corrected chi connectivity index (χ1v) is 9.29. The molecule has 2 aromatic carbocycles. The number of carbonyl (C=O) groups is 2. The van der Waals surface area contributed by atoms with Crippen LogP contribution in [0.4, 0.5) is 37.2 Å². The van der Waals surface area contributed by atoms with E-state index in [1.165, 1.54) is 24.4 Å². The lowest BCUT2D eigenvalue weighted by molar-refractivity contribution is -0.116. The predicted molar refractivity (Wildman–Crippen MR) is 100 cm³/mol. The summed E-state index contributed by atoms with van der Waals surface area (Å²) in [5.74, 6) is -13.0. The maximum absolute atomic E-state index is 14.3. The molecule has 12 heteroatoms. The molecule has 0 atom stereocenters. The van der Waals surface area contributed by atoms with Crippen molar-refractivity contribution in [3.63, 3.8) is 0 Å². The van der Waals surface area contributed by atoms with Crippen LogP contribution in [0.1, 0.15) is 12.5 Å². The van der Waals surface area contributed by atoms with Crippen molar-refractivity contribution in [2.24, 2.45) is 0 Å². The van der Waals surface area contributed by atoms with Crippen LogP contribution >= 0.6 is 11.3 Å². The van der Waals surface area contributed by atoms with Crippen molar-refractivity contribution in [2.45, 2.75) is 13.3 Å². The summed E-state index contributed by atoms with van der Waals surface area (Å²) in [5.41, 5.74) is -0.903. The number of hydrogen-bond acceptors (Lipinski definition) is 4. The smallest absolute Gasteiger partial charge is 0.230 e. The second-order valence-electron chi connectivity index (χ2n) is 6.19. The average Bonchev–Trinajstić information content (AvgIpc) is 3.15. The lowest BCUT2D eigenvalue weighted by Gasteiger charge is -2.08. The summed E-state index contributed by atoms with van der Waals surface area (Å²) in [6.07, 6.45) is -1.14. The molecular formula is C19H11F6N3O2S. The Balaban J connectivity index is 1.76. The van der Waals surface area contributed by atoms with E-state index in [9.17, 15) is 35.9 Å². The van der Waals surface area contributed by atoms with E-state index in [0.29, 0.717) is 0 Å². The van der Waals surface area contributed by atoms with Gasteiger partial charge in [-0.1, -0.05) is 0 Å². The predicted octanol–water partition coefficient (Wildman–Crippen LogP) is 4.78. The van der Waals surface area contributed by atoms with Gasteiger partial charge in [-0.05, 0) is 18.2 Å². The summed E-state index contributed by atoms with van der Waals surface area (Å²) < 4.78 is 81.3. The second kappa shape index (κ2) is 8.76. The molecule has 31 heavy (non-hydrogen) atoms. The number of rotatable bonds is 5. The van der Waals surface area contributed by atoms with Crippen molar-refractivity contribution in [1.82, 2.24) is 4.98 Å². The number of aromatic nitrogens is 1. The van der Waals surface area contributed by atoms with Crippen molar-refractivity contribution < 1.29 is 35.9 Å². The number of benzene rings is 2. The number of hydrogen-bond donors (Lipinski definition) is 2. The van der Waals surface area contributed by atoms with Gasteiger partial charge >= 0.3 is 0 Å². The third-order valence-corrected chi connectivity index (χ3v) is 4.71. The molecular weight excluding hydrogens is 448 g/mol. The Morgan fingerprint density at radius 1 is 0.935 bits per heavy atom. The van der Waals surface area contributed by atoms with E-state index < -0.39 is 52.8 Å². The highest BCUT2D eigenvalue weighted by atomic mass is 32.1. The van der Waals surface area contributed by atoms with Gasteiger partial charge in [-0.15, -0.1) is 11.3 Å². The fourth-order valence-electron chi connectivity index (χ4n) is 2.59. The molecule has 0 spiro atoms. The summed E-state index contributed by atoms with van der Waals surface area (Å²) in [5, 5.41) is 5.86. The van der Waals surface area contributed by atoms with Crippen LogP contribution in [0.3, 0.4) is 0 Å². The fraction of sp³-hybridized carbons (Fsp3) is 0.105. The highest BCUT2D eigenvalue weighted by molar-refractivity contribution is 7.14. The molecule has 1 aromatic heterocycles. The number of thiazole rings is 1. The van der Waals surface area contributed by atoms with Crippen molar-refractivity contribution in [2.75, 3.05) is 10.6 Å². The van der Waals surface area contributed by atoms with Crippen LogP contribution in [0.2, 0.25) is 0 Å². The zero-order chi connectivity index (χ0) is 22.9. The zero-order valence-electron chi connectivity index (χ0n) is 15.5. The summed E-state index contributed by atoms with van der Waals surface area (Å²) >= 11 is 0.849.